The predicted molar refractivity (Wildman–Crippen MR) is 101 cm³/mol. The van der Waals surface area contributed by atoms with Crippen LogP contribution in [0.15, 0.2) is 48.5 Å². The van der Waals surface area contributed by atoms with Gasteiger partial charge in [0.2, 0.25) is 6.41 Å². The summed E-state index contributed by atoms with van der Waals surface area (Å²) < 4.78 is 5.49. The highest BCUT2D eigenvalue weighted by Crippen LogP contribution is 2.44. The summed E-state index contributed by atoms with van der Waals surface area (Å²) in [6, 6.07) is 16.4. The molecule has 3 rings (SSSR count). The number of carbonyl (C=O) groups is 2. The van der Waals surface area contributed by atoms with Crippen LogP contribution >= 0.6 is 0 Å². The van der Waals surface area contributed by atoms with Crippen molar-refractivity contribution in [3.63, 3.8) is 0 Å². The molecule has 0 aromatic heterocycles. The first kappa shape index (κ1) is 18.0. The van der Waals surface area contributed by atoms with Gasteiger partial charge in [-0.3, -0.25) is 4.79 Å². The molecule has 5 nitrogen and oxygen atoms in total. The molecule has 2 aromatic carbocycles. The zero-order chi connectivity index (χ0) is 18.5. The molecule has 0 spiro atoms. The minimum absolute atomic E-state index is 0.0238. The summed E-state index contributed by atoms with van der Waals surface area (Å²) in [4.78, 5) is 22.9. The van der Waals surface area contributed by atoms with E-state index >= 15 is 0 Å². The highest BCUT2D eigenvalue weighted by Gasteiger charge is 2.29. The molecule has 2 amide bonds. The van der Waals surface area contributed by atoms with Crippen molar-refractivity contribution in [2.24, 2.45) is 5.92 Å². The summed E-state index contributed by atoms with van der Waals surface area (Å²) in [5.74, 6) is 0.358. The minimum Gasteiger partial charge on any atom is -0.449 e. The molecule has 5 heteroatoms. The second kappa shape index (κ2) is 8.04. The molecule has 1 aliphatic carbocycles. The molecule has 0 aliphatic heterocycles. The molecule has 0 bridgehead atoms. The van der Waals surface area contributed by atoms with Crippen LogP contribution < -0.4 is 10.6 Å². The van der Waals surface area contributed by atoms with Gasteiger partial charge in [-0.25, -0.2) is 4.79 Å². The molecule has 1 atom stereocenters. The lowest BCUT2D eigenvalue weighted by atomic mass is 9.98. The Kier molecular flexibility index (Phi) is 5.56. The lowest BCUT2D eigenvalue weighted by Gasteiger charge is -2.20. The minimum atomic E-state index is -0.521. The van der Waals surface area contributed by atoms with Gasteiger partial charge in [0.05, 0.1) is 0 Å². The molecule has 0 unspecified atom stereocenters. The Bertz CT molecular complexity index is 743. The Morgan fingerprint density at radius 1 is 1.08 bits per heavy atom. The van der Waals surface area contributed by atoms with Crippen LogP contribution in [0.4, 0.5) is 4.79 Å². The van der Waals surface area contributed by atoms with E-state index in [1.807, 2.05) is 38.1 Å². The first-order chi connectivity index (χ1) is 12.6. The maximum Gasteiger partial charge on any atom is 0.408 e. The first-order valence-electron chi connectivity index (χ1n) is 8.91. The molecule has 0 fully saturated rings. The smallest absolute Gasteiger partial charge is 0.408 e. The first-order valence-corrected chi connectivity index (χ1v) is 8.91. The fourth-order valence-corrected chi connectivity index (χ4v) is 3.50. The lowest BCUT2D eigenvalue weighted by Crippen LogP contribution is -2.46. The number of hydrogen-bond acceptors (Lipinski definition) is 3. The van der Waals surface area contributed by atoms with E-state index in [9.17, 15) is 9.59 Å². The molecule has 0 saturated heterocycles. The van der Waals surface area contributed by atoms with Crippen molar-refractivity contribution in [2.75, 3.05) is 6.61 Å². The number of ether oxygens (including phenoxy) is 1. The van der Waals surface area contributed by atoms with Crippen molar-refractivity contribution >= 4 is 12.5 Å². The third-order valence-corrected chi connectivity index (χ3v) is 4.61. The van der Waals surface area contributed by atoms with Gasteiger partial charge in [-0.15, -0.1) is 0 Å². The van der Waals surface area contributed by atoms with Crippen LogP contribution in [0.2, 0.25) is 0 Å². The fourth-order valence-electron chi connectivity index (χ4n) is 3.50. The molecular formula is C21H24N2O3. The van der Waals surface area contributed by atoms with Crippen LogP contribution in [0.25, 0.3) is 11.1 Å². The standard InChI is InChI=1S/C21H24N2O3/c1-14(2)11-20(22-13-24)23-21(25)26-12-19-17-9-5-3-7-15(17)16-8-4-6-10-18(16)19/h3-10,13-14,19-20H,11-12H2,1-2H3,(H,22,24)(H,23,25)/t20-/m0/s1. The summed E-state index contributed by atoms with van der Waals surface area (Å²) >= 11 is 0. The largest absolute Gasteiger partial charge is 0.449 e. The third kappa shape index (κ3) is 3.87. The van der Waals surface area contributed by atoms with Crippen molar-refractivity contribution in [3.8, 4) is 11.1 Å². The Labute approximate surface area is 153 Å². The molecular weight excluding hydrogens is 328 g/mol. The Balaban J connectivity index is 1.68. The van der Waals surface area contributed by atoms with E-state index in [0.717, 1.165) is 0 Å². The molecule has 0 saturated carbocycles. The summed E-state index contributed by atoms with van der Waals surface area (Å²) in [5.41, 5.74) is 4.73. The Morgan fingerprint density at radius 3 is 2.19 bits per heavy atom. The highest BCUT2D eigenvalue weighted by atomic mass is 16.5. The van der Waals surface area contributed by atoms with Crippen LogP contribution in [-0.2, 0) is 9.53 Å². The Hall–Kier alpha value is -2.82. The summed E-state index contributed by atoms with van der Waals surface area (Å²) in [6.45, 7) is 4.31. The monoisotopic (exact) mass is 352 g/mol. The summed E-state index contributed by atoms with van der Waals surface area (Å²) in [7, 11) is 0. The number of hydrogen-bond donors (Lipinski definition) is 2. The molecule has 0 heterocycles. The van der Waals surface area contributed by atoms with Crippen LogP contribution in [0, 0.1) is 5.92 Å². The van der Waals surface area contributed by atoms with Gasteiger partial charge in [0.15, 0.2) is 0 Å². The normalized spacial score (nSPS) is 13.7. The van der Waals surface area contributed by atoms with Gasteiger partial charge in [-0.2, -0.15) is 0 Å². The van der Waals surface area contributed by atoms with Crippen LogP contribution in [0.5, 0.6) is 0 Å². The number of benzene rings is 2. The summed E-state index contributed by atoms with van der Waals surface area (Å²) in [5, 5.41) is 5.33. The maximum absolute atomic E-state index is 12.2. The fraction of sp³-hybridized carbons (Fsp3) is 0.333. The number of fused-ring (bicyclic) bond motifs is 3. The predicted octanol–water partition coefficient (Wildman–Crippen LogP) is 3.64. The third-order valence-electron chi connectivity index (χ3n) is 4.61. The van der Waals surface area contributed by atoms with E-state index < -0.39 is 12.3 Å². The maximum atomic E-state index is 12.2. The topological polar surface area (TPSA) is 67.4 Å². The van der Waals surface area contributed by atoms with Crippen molar-refractivity contribution in [2.45, 2.75) is 32.4 Å². The van der Waals surface area contributed by atoms with Gasteiger partial charge in [0.1, 0.15) is 12.8 Å². The van der Waals surface area contributed by atoms with Crippen molar-refractivity contribution in [3.05, 3.63) is 59.7 Å². The van der Waals surface area contributed by atoms with E-state index in [0.29, 0.717) is 18.7 Å². The van der Waals surface area contributed by atoms with Gasteiger partial charge in [-0.05, 0) is 34.6 Å². The molecule has 26 heavy (non-hydrogen) atoms. The van der Waals surface area contributed by atoms with Gasteiger partial charge >= 0.3 is 6.09 Å². The average Bonchev–Trinajstić information content (AvgIpc) is 2.94. The van der Waals surface area contributed by atoms with Crippen molar-refractivity contribution < 1.29 is 14.3 Å². The highest BCUT2D eigenvalue weighted by molar-refractivity contribution is 5.79. The van der Waals surface area contributed by atoms with Crippen LogP contribution in [-0.4, -0.2) is 25.3 Å². The molecule has 136 valence electrons. The second-order valence-electron chi connectivity index (χ2n) is 6.94. The average molecular weight is 352 g/mol. The number of alkyl carbamates (subject to hydrolysis) is 1. The quantitative estimate of drug-likeness (QED) is 0.590. The second-order valence-corrected chi connectivity index (χ2v) is 6.94. The lowest BCUT2D eigenvalue weighted by molar-refractivity contribution is -0.110. The molecule has 2 aromatic rings. The van der Waals surface area contributed by atoms with Gasteiger partial charge in [0, 0.05) is 5.92 Å². The van der Waals surface area contributed by atoms with E-state index in [2.05, 4.69) is 34.9 Å². The van der Waals surface area contributed by atoms with Crippen LogP contribution in [0.1, 0.15) is 37.3 Å². The Morgan fingerprint density at radius 2 is 1.65 bits per heavy atom. The van der Waals surface area contributed by atoms with Crippen LogP contribution in [0.3, 0.4) is 0 Å². The number of carbonyl (C=O) groups excluding carboxylic acids is 2. The zero-order valence-electron chi connectivity index (χ0n) is 15.1. The SMILES string of the molecule is CC(C)C[C@@H](NC=O)NC(=O)OCC1c2ccccc2-c2ccccc21. The number of rotatable bonds is 7. The number of nitrogens with one attached hydrogen (secondary N) is 2. The molecule has 1 aliphatic rings. The van der Waals surface area contributed by atoms with E-state index in [-0.39, 0.29) is 12.5 Å². The zero-order valence-corrected chi connectivity index (χ0v) is 15.1. The van der Waals surface area contributed by atoms with E-state index in [1.54, 1.807) is 0 Å². The van der Waals surface area contributed by atoms with E-state index in [4.69, 9.17) is 4.74 Å². The van der Waals surface area contributed by atoms with Gasteiger partial charge < -0.3 is 15.4 Å². The molecule has 2 N–H and O–H groups in total. The summed E-state index contributed by atoms with van der Waals surface area (Å²) in [6.07, 6.45) is 0.287. The molecule has 0 radical (unpaired) electrons. The van der Waals surface area contributed by atoms with Crippen molar-refractivity contribution in [1.82, 2.24) is 10.6 Å². The number of amides is 2. The van der Waals surface area contributed by atoms with Gasteiger partial charge in [-0.1, -0.05) is 62.4 Å². The van der Waals surface area contributed by atoms with Gasteiger partial charge in [0.25, 0.3) is 0 Å². The van der Waals surface area contributed by atoms with E-state index in [1.165, 1.54) is 22.3 Å². The van der Waals surface area contributed by atoms with Crippen molar-refractivity contribution in [1.29, 1.82) is 0 Å².